The number of amides is 4. The minimum absolute atomic E-state index is 0.171. The molecule has 3 fully saturated rings. The van der Waals surface area contributed by atoms with Crippen LogP contribution in [0.2, 0.25) is 5.02 Å². The Morgan fingerprint density at radius 2 is 1.77 bits per heavy atom. The van der Waals surface area contributed by atoms with E-state index in [0.717, 1.165) is 43.9 Å². The lowest BCUT2D eigenvalue weighted by Crippen LogP contribution is -2.74. The molecule has 4 aliphatic rings. The summed E-state index contributed by atoms with van der Waals surface area (Å²) < 4.78 is 6.34. The van der Waals surface area contributed by atoms with E-state index in [1.807, 2.05) is 24.3 Å². The zero-order chi connectivity index (χ0) is 36.9. The highest BCUT2D eigenvalue weighted by atomic mass is 35.5. The van der Waals surface area contributed by atoms with E-state index < -0.39 is 22.8 Å². The summed E-state index contributed by atoms with van der Waals surface area (Å²) >= 11 is 6.22. The number of imide groups is 1. The monoisotopic (exact) mass is 724 g/mol. The predicted molar refractivity (Wildman–Crippen MR) is 191 cm³/mol. The Morgan fingerprint density at radius 1 is 1.02 bits per heavy atom. The van der Waals surface area contributed by atoms with Gasteiger partial charge in [0.2, 0.25) is 11.8 Å². The second-order valence-corrected chi connectivity index (χ2v) is 15.6. The molecule has 7 rings (SSSR count). The molecule has 0 radical (unpaired) electrons. The van der Waals surface area contributed by atoms with Gasteiger partial charge in [-0.25, -0.2) is 0 Å². The number of carbonyl (C=O) groups is 4. The number of carbonyl (C=O) groups excluding carboxylic acids is 4. The number of piperidine rings is 1. The van der Waals surface area contributed by atoms with Gasteiger partial charge in [0.15, 0.2) is 11.5 Å². The third-order valence-electron chi connectivity index (χ3n) is 11.0. The molecule has 52 heavy (non-hydrogen) atoms. The van der Waals surface area contributed by atoms with Crippen LogP contribution >= 0.6 is 11.6 Å². The SMILES string of the molecule is CC1(C)[C@H](NC(=O)c2ccc(N3CCN(Cc4ccc5c(c4)CN(C4CCC(=O)NC4=O)C5=O)CC3)nn2)C(C)(C)[C@H]1Oc1ccc(C#N)c(Cl)c1. The second kappa shape index (κ2) is 13.5. The molecule has 2 aromatic carbocycles. The van der Waals surface area contributed by atoms with E-state index in [-0.39, 0.29) is 42.0 Å². The van der Waals surface area contributed by atoms with E-state index in [4.69, 9.17) is 16.3 Å². The topological polar surface area (TPSA) is 161 Å². The molecule has 3 aromatic rings. The minimum Gasteiger partial charge on any atom is -0.489 e. The lowest BCUT2D eigenvalue weighted by atomic mass is 9.49. The maximum absolute atomic E-state index is 13.3. The third kappa shape index (κ3) is 6.45. The average Bonchev–Trinajstić information content (AvgIpc) is 3.44. The Bertz CT molecular complexity index is 1970. The van der Waals surface area contributed by atoms with E-state index in [1.165, 1.54) is 0 Å². The smallest absolute Gasteiger partial charge is 0.272 e. The molecule has 0 bridgehead atoms. The zero-order valence-electron chi connectivity index (χ0n) is 29.6. The van der Waals surface area contributed by atoms with Crippen molar-refractivity contribution in [3.63, 3.8) is 0 Å². The number of rotatable bonds is 8. The van der Waals surface area contributed by atoms with Crippen molar-refractivity contribution >= 4 is 41.0 Å². The largest absolute Gasteiger partial charge is 0.489 e. The van der Waals surface area contributed by atoms with Crippen LogP contribution in [-0.2, 0) is 22.7 Å². The molecule has 14 heteroatoms. The van der Waals surface area contributed by atoms with Crippen molar-refractivity contribution in [1.82, 2.24) is 30.6 Å². The second-order valence-electron chi connectivity index (χ2n) is 15.2. The van der Waals surface area contributed by atoms with Crippen molar-refractivity contribution in [3.05, 3.63) is 81.5 Å². The number of benzene rings is 2. The maximum Gasteiger partial charge on any atom is 0.272 e. The van der Waals surface area contributed by atoms with E-state index >= 15 is 0 Å². The lowest BCUT2D eigenvalue weighted by Gasteiger charge is -2.63. The van der Waals surface area contributed by atoms with Gasteiger partial charge in [-0.05, 0) is 47.9 Å². The van der Waals surface area contributed by atoms with Gasteiger partial charge in [-0.2, -0.15) is 5.26 Å². The van der Waals surface area contributed by atoms with Crippen LogP contribution in [0, 0.1) is 22.2 Å². The van der Waals surface area contributed by atoms with Crippen LogP contribution in [0.4, 0.5) is 5.82 Å². The van der Waals surface area contributed by atoms with Crippen molar-refractivity contribution in [2.24, 2.45) is 10.8 Å². The molecule has 1 aliphatic carbocycles. The number of nitrogens with one attached hydrogen (secondary N) is 2. The molecule has 1 aromatic heterocycles. The summed E-state index contributed by atoms with van der Waals surface area (Å²) in [4.78, 5) is 56.4. The van der Waals surface area contributed by atoms with Crippen LogP contribution in [0.5, 0.6) is 5.75 Å². The number of halogens is 1. The molecular formula is C38H41ClN8O5. The molecule has 2 N–H and O–H groups in total. The molecule has 13 nitrogen and oxygen atoms in total. The summed E-state index contributed by atoms with van der Waals surface area (Å²) in [5.74, 6) is 0.102. The molecule has 1 unspecified atom stereocenters. The molecular weight excluding hydrogens is 684 g/mol. The summed E-state index contributed by atoms with van der Waals surface area (Å²) in [5, 5.41) is 23.7. The van der Waals surface area contributed by atoms with Gasteiger partial charge >= 0.3 is 0 Å². The van der Waals surface area contributed by atoms with Crippen LogP contribution in [0.3, 0.4) is 0 Å². The van der Waals surface area contributed by atoms with Gasteiger partial charge < -0.3 is 19.9 Å². The Balaban J connectivity index is 0.907. The quantitative estimate of drug-likeness (QED) is 0.328. The summed E-state index contributed by atoms with van der Waals surface area (Å²) in [5.41, 5.74) is 2.42. The fraction of sp³-hybridized carbons (Fsp3) is 0.447. The van der Waals surface area contributed by atoms with E-state index in [1.54, 1.807) is 29.2 Å². The number of ether oxygens (including phenoxy) is 1. The van der Waals surface area contributed by atoms with E-state index in [2.05, 4.69) is 64.4 Å². The number of anilines is 1. The average molecular weight is 725 g/mol. The predicted octanol–water partition coefficient (Wildman–Crippen LogP) is 3.70. The molecule has 4 amide bonds. The summed E-state index contributed by atoms with van der Waals surface area (Å²) in [7, 11) is 0. The molecule has 3 aliphatic heterocycles. The lowest BCUT2D eigenvalue weighted by molar-refractivity contribution is -0.164. The van der Waals surface area contributed by atoms with Gasteiger partial charge in [0.05, 0.1) is 10.6 Å². The Hall–Kier alpha value is -5.06. The first kappa shape index (κ1) is 35.3. The highest BCUT2D eigenvalue weighted by molar-refractivity contribution is 6.31. The number of nitrogens with zero attached hydrogens (tertiary/aromatic N) is 6. The van der Waals surface area contributed by atoms with Crippen LogP contribution in [0.15, 0.2) is 48.5 Å². The Kier molecular flexibility index (Phi) is 9.17. The van der Waals surface area contributed by atoms with Crippen LogP contribution < -0.4 is 20.3 Å². The molecule has 270 valence electrons. The minimum atomic E-state index is -0.627. The fourth-order valence-electron chi connectivity index (χ4n) is 8.54. The highest BCUT2D eigenvalue weighted by Gasteiger charge is 2.64. The standard InChI is InChI=1S/C38H41ClN8O5/c1-37(2)35(38(3,4)36(37)52-25-7-6-23(19-40)27(39)18-25)42-32(49)28-9-11-30(44-43-28)46-15-13-45(14-16-46)20-22-5-8-26-24(17-22)21-47(34(26)51)29-10-12-31(48)41-33(29)50/h5-9,11,17-18,29,35-36H,10,12-16,20-21H2,1-4H3,(H,42,49)(H,41,48,50)/t29?,35-,36-. The first-order chi connectivity index (χ1) is 24.8. The van der Waals surface area contributed by atoms with Gasteiger partial charge in [-0.1, -0.05) is 51.4 Å². The van der Waals surface area contributed by atoms with Crippen LogP contribution in [-0.4, -0.2) is 88.0 Å². The summed E-state index contributed by atoms with van der Waals surface area (Å²) in [6, 6.07) is 15.7. The fourth-order valence-corrected chi connectivity index (χ4v) is 8.75. The number of aromatic nitrogens is 2. The van der Waals surface area contributed by atoms with Gasteiger partial charge in [0, 0.05) is 74.2 Å². The van der Waals surface area contributed by atoms with Crippen LogP contribution in [0.25, 0.3) is 0 Å². The maximum atomic E-state index is 13.3. The van der Waals surface area contributed by atoms with Gasteiger partial charge in [-0.3, -0.25) is 29.4 Å². The zero-order valence-corrected chi connectivity index (χ0v) is 30.4. The normalized spacial score (nSPS) is 23.7. The number of fused-ring (bicyclic) bond motifs is 1. The van der Waals surface area contributed by atoms with Crippen molar-refractivity contribution in [2.45, 2.75) is 71.8 Å². The van der Waals surface area contributed by atoms with Crippen molar-refractivity contribution in [3.8, 4) is 11.8 Å². The molecule has 1 saturated carbocycles. The van der Waals surface area contributed by atoms with Gasteiger partial charge in [0.25, 0.3) is 11.8 Å². The first-order valence-electron chi connectivity index (χ1n) is 17.5. The Labute approximate surface area is 307 Å². The van der Waals surface area contributed by atoms with E-state index in [0.29, 0.717) is 40.7 Å². The number of piperazine rings is 1. The summed E-state index contributed by atoms with van der Waals surface area (Å²) in [6.45, 7) is 12.4. The third-order valence-corrected chi connectivity index (χ3v) is 11.3. The van der Waals surface area contributed by atoms with Gasteiger partial charge in [0.1, 0.15) is 24.0 Å². The van der Waals surface area contributed by atoms with E-state index in [9.17, 15) is 24.4 Å². The first-order valence-corrected chi connectivity index (χ1v) is 17.9. The van der Waals surface area contributed by atoms with Gasteiger partial charge in [-0.15, -0.1) is 10.2 Å². The van der Waals surface area contributed by atoms with Crippen molar-refractivity contribution < 1.29 is 23.9 Å². The van der Waals surface area contributed by atoms with Crippen molar-refractivity contribution in [2.75, 3.05) is 31.1 Å². The van der Waals surface area contributed by atoms with Crippen molar-refractivity contribution in [1.29, 1.82) is 5.26 Å². The highest BCUT2D eigenvalue weighted by Crippen LogP contribution is 2.55. The molecule has 1 atom stereocenters. The number of hydrogen-bond acceptors (Lipinski definition) is 10. The molecule has 2 saturated heterocycles. The Morgan fingerprint density at radius 3 is 2.42 bits per heavy atom. The molecule has 4 heterocycles. The molecule has 0 spiro atoms. The number of hydrogen-bond donors (Lipinski definition) is 2. The van der Waals surface area contributed by atoms with Crippen LogP contribution in [0.1, 0.15) is 78.1 Å². The summed E-state index contributed by atoms with van der Waals surface area (Å²) in [6.07, 6.45) is 0.353. The number of nitriles is 1.